The van der Waals surface area contributed by atoms with Crippen molar-refractivity contribution in [2.45, 2.75) is 19.4 Å². The number of aryl methyl sites for hydroxylation is 1. The van der Waals surface area contributed by atoms with Crippen molar-refractivity contribution < 1.29 is 0 Å². The van der Waals surface area contributed by atoms with Crippen molar-refractivity contribution in [1.29, 1.82) is 0 Å². The molecule has 2 atom stereocenters. The Kier molecular flexibility index (Phi) is 2.77. The van der Waals surface area contributed by atoms with Crippen molar-refractivity contribution in [2.24, 2.45) is 5.92 Å². The summed E-state index contributed by atoms with van der Waals surface area (Å²) in [4.78, 5) is 0. The number of nitrogens with one attached hydrogen (secondary N) is 2. The quantitative estimate of drug-likeness (QED) is 0.834. The van der Waals surface area contributed by atoms with Crippen LogP contribution in [-0.4, -0.2) is 29.4 Å². The summed E-state index contributed by atoms with van der Waals surface area (Å²) in [5.74, 6) is 1.83. The minimum absolute atomic E-state index is 0.547. The second-order valence-corrected chi connectivity index (χ2v) is 5.88. The molecule has 1 aromatic heterocycles. The van der Waals surface area contributed by atoms with Crippen LogP contribution in [0.4, 0.5) is 5.82 Å². The summed E-state index contributed by atoms with van der Waals surface area (Å²) in [6, 6.07) is 11.2. The molecule has 2 aromatic rings. The van der Waals surface area contributed by atoms with E-state index in [1.54, 1.807) is 0 Å². The fourth-order valence-corrected chi connectivity index (χ4v) is 3.45. The summed E-state index contributed by atoms with van der Waals surface area (Å²) in [5, 5.41) is 11.9. The Bertz CT molecular complexity index is 631. The molecule has 0 spiro atoms. The smallest absolute Gasteiger partial charge is 0.125 e. The molecule has 2 aliphatic rings. The molecule has 0 radical (unpaired) electrons. The molecule has 0 bridgehead atoms. The van der Waals surface area contributed by atoms with Crippen LogP contribution in [-0.2, 0) is 0 Å². The molecule has 1 aromatic carbocycles. The van der Waals surface area contributed by atoms with Gasteiger partial charge in [-0.2, -0.15) is 5.10 Å². The highest BCUT2D eigenvalue weighted by molar-refractivity contribution is 5.66. The number of anilines is 1. The first-order chi connectivity index (χ1) is 9.83. The first kappa shape index (κ1) is 12.0. The van der Waals surface area contributed by atoms with Crippen molar-refractivity contribution in [3.05, 3.63) is 35.9 Å². The maximum absolute atomic E-state index is 4.89. The highest BCUT2D eigenvalue weighted by Crippen LogP contribution is 2.35. The second-order valence-electron chi connectivity index (χ2n) is 5.88. The molecule has 20 heavy (non-hydrogen) atoms. The molecule has 104 valence electrons. The number of aromatic nitrogens is 2. The van der Waals surface area contributed by atoms with Gasteiger partial charge in [0.15, 0.2) is 0 Å². The first-order valence-electron chi connectivity index (χ1n) is 7.43. The Hall–Kier alpha value is -1.81. The van der Waals surface area contributed by atoms with Gasteiger partial charge in [-0.25, -0.2) is 4.68 Å². The topological polar surface area (TPSA) is 41.9 Å². The van der Waals surface area contributed by atoms with Gasteiger partial charge in [0.1, 0.15) is 5.82 Å². The molecular weight excluding hydrogens is 248 g/mol. The molecule has 2 unspecified atom stereocenters. The average molecular weight is 268 g/mol. The fraction of sp³-hybridized carbons (Fsp3) is 0.438. The summed E-state index contributed by atoms with van der Waals surface area (Å²) >= 11 is 0. The molecule has 2 N–H and O–H groups in total. The zero-order valence-electron chi connectivity index (χ0n) is 11.8. The maximum atomic E-state index is 4.89. The van der Waals surface area contributed by atoms with E-state index in [-0.39, 0.29) is 0 Å². The van der Waals surface area contributed by atoms with E-state index < -0.39 is 0 Å². The summed E-state index contributed by atoms with van der Waals surface area (Å²) in [5.41, 5.74) is 3.61. The SMILES string of the molecule is Cc1ccccc1-c1cc2n(n1)C1CCNCC1CN2. The van der Waals surface area contributed by atoms with Gasteiger partial charge in [-0.1, -0.05) is 24.3 Å². The van der Waals surface area contributed by atoms with Gasteiger partial charge in [0, 0.05) is 30.6 Å². The van der Waals surface area contributed by atoms with Crippen LogP contribution in [0.2, 0.25) is 0 Å². The molecule has 4 rings (SSSR count). The lowest BCUT2D eigenvalue weighted by Gasteiger charge is -2.37. The number of benzene rings is 1. The van der Waals surface area contributed by atoms with E-state index in [0.717, 1.165) is 25.3 Å². The van der Waals surface area contributed by atoms with Crippen molar-refractivity contribution in [1.82, 2.24) is 15.1 Å². The molecule has 2 aliphatic heterocycles. The highest BCUT2D eigenvalue weighted by Gasteiger charge is 2.32. The van der Waals surface area contributed by atoms with Crippen LogP contribution in [0, 0.1) is 12.8 Å². The van der Waals surface area contributed by atoms with Gasteiger partial charge in [0.05, 0.1) is 11.7 Å². The molecule has 4 nitrogen and oxygen atoms in total. The number of rotatable bonds is 1. The number of hydrogen-bond donors (Lipinski definition) is 2. The Labute approximate surface area is 119 Å². The van der Waals surface area contributed by atoms with Crippen LogP contribution in [0.25, 0.3) is 11.3 Å². The van der Waals surface area contributed by atoms with Crippen LogP contribution >= 0.6 is 0 Å². The molecule has 0 amide bonds. The van der Waals surface area contributed by atoms with E-state index in [4.69, 9.17) is 5.10 Å². The summed E-state index contributed by atoms with van der Waals surface area (Å²) in [7, 11) is 0. The predicted octanol–water partition coefficient (Wildman–Crippen LogP) is 2.43. The number of fused-ring (bicyclic) bond motifs is 3. The Morgan fingerprint density at radius 1 is 1.25 bits per heavy atom. The Morgan fingerprint density at radius 2 is 2.15 bits per heavy atom. The maximum Gasteiger partial charge on any atom is 0.125 e. The third-order valence-electron chi connectivity index (χ3n) is 4.58. The monoisotopic (exact) mass is 268 g/mol. The Balaban J connectivity index is 1.76. The predicted molar refractivity (Wildman–Crippen MR) is 80.9 cm³/mol. The van der Waals surface area contributed by atoms with E-state index in [2.05, 4.69) is 52.6 Å². The van der Waals surface area contributed by atoms with Gasteiger partial charge in [0.25, 0.3) is 0 Å². The minimum Gasteiger partial charge on any atom is -0.370 e. The molecule has 3 heterocycles. The van der Waals surface area contributed by atoms with Gasteiger partial charge in [-0.3, -0.25) is 0 Å². The van der Waals surface area contributed by atoms with Gasteiger partial charge in [0.2, 0.25) is 0 Å². The summed E-state index contributed by atoms with van der Waals surface area (Å²) in [6.07, 6.45) is 1.17. The van der Waals surface area contributed by atoms with E-state index in [0.29, 0.717) is 12.0 Å². The van der Waals surface area contributed by atoms with Crippen LogP contribution in [0.3, 0.4) is 0 Å². The van der Waals surface area contributed by atoms with Crippen molar-refractivity contribution in [2.75, 3.05) is 25.0 Å². The van der Waals surface area contributed by atoms with E-state index >= 15 is 0 Å². The van der Waals surface area contributed by atoms with Crippen LogP contribution in [0.15, 0.2) is 30.3 Å². The molecule has 4 heteroatoms. The van der Waals surface area contributed by atoms with Crippen LogP contribution < -0.4 is 10.6 Å². The third-order valence-corrected chi connectivity index (χ3v) is 4.58. The standard InChI is InChI=1S/C16H20N4/c1-11-4-2-3-5-13(11)14-8-16-18-10-12-9-17-7-6-15(12)20(16)19-14/h2-5,8,12,15,17-18H,6-7,9-10H2,1H3. The van der Waals surface area contributed by atoms with Gasteiger partial charge < -0.3 is 10.6 Å². The third kappa shape index (κ3) is 1.83. The lowest BCUT2D eigenvalue weighted by Crippen LogP contribution is -2.44. The summed E-state index contributed by atoms with van der Waals surface area (Å²) < 4.78 is 2.22. The van der Waals surface area contributed by atoms with Crippen molar-refractivity contribution in [3.63, 3.8) is 0 Å². The van der Waals surface area contributed by atoms with E-state index in [1.807, 2.05) is 0 Å². The lowest BCUT2D eigenvalue weighted by atomic mass is 9.92. The van der Waals surface area contributed by atoms with Gasteiger partial charge in [-0.15, -0.1) is 0 Å². The average Bonchev–Trinajstić information content (AvgIpc) is 2.92. The summed E-state index contributed by atoms with van der Waals surface area (Å²) in [6.45, 7) is 5.39. The van der Waals surface area contributed by atoms with Crippen molar-refractivity contribution in [3.8, 4) is 11.3 Å². The zero-order valence-corrected chi connectivity index (χ0v) is 11.8. The van der Waals surface area contributed by atoms with Crippen LogP contribution in [0.5, 0.6) is 0 Å². The minimum atomic E-state index is 0.547. The number of nitrogens with zero attached hydrogens (tertiary/aromatic N) is 2. The van der Waals surface area contributed by atoms with E-state index in [1.165, 1.54) is 23.4 Å². The lowest BCUT2D eigenvalue weighted by molar-refractivity contribution is 0.238. The van der Waals surface area contributed by atoms with E-state index in [9.17, 15) is 0 Å². The largest absolute Gasteiger partial charge is 0.370 e. The molecule has 1 fully saturated rings. The second kappa shape index (κ2) is 4.63. The molecular formula is C16H20N4. The van der Waals surface area contributed by atoms with Gasteiger partial charge >= 0.3 is 0 Å². The molecule has 1 saturated heterocycles. The normalized spacial score (nSPS) is 24.6. The first-order valence-corrected chi connectivity index (χ1v) is 7.43. The zero-order chi connectivity index (χ0) is 13.5. The van der Waals surface area contributed by atoms with Crippen LogP contribution in [0.1, 0.15) is 18.0 Å². The Morgan fingerprint density at radius 3 is 3.05 bits per heavy atom. The van der Waals surface area contributed by atoms with Crippen molar-refractivity contribution >= 4 is 5.82 Å². The van der Waals surface area contributed by atoms with Gasteiger partial charge in [-0.05, 0) is 25.5 Å². The number of hydrogen-bond acceptors (Lipinski definition) is 3. The fourth-order valence-electron chi connectivity index (χ4n) is 3.45. The number of piperidine rings is 1. The molecule has 0 aliphatic carbocycles. The highest BCUT2D eigenvalue weighted by atomic mass is 15.4. The molecule has 0 saturated carbocycles.